The molecule has 0 bridgehead atoms. The van der Waals surface area contributed by atoms with E-state index in [-0.39, 0.29) is 31.2 Å². The van der Waals surface area contributed by atoms with Gasteiger partial charge in [-0.1, -0.05) is 0 Å². The van der Waals surface area contributed by atoms with Crippen LogP contribution in [0.5, 0.6) is 5.75 Å². The minimum Gasteiger partial charge on any atom is -0.497 e. The molecule has 0 aliphatic carbocycles. The molecule has 0 fully saturated rings. The molecule has 8 nitrogen and oxygen atoms in total. The summed E-state index contributed by atoms with van der Waals surface area (Å²) in [4.78, 5) is 25.1. The number of hydrogen-bond acceptors (Lipinski definition) is 7. The van der Waals surface area contributed by atoms with Crippen LogP contribution in [0.25, 0.3) is 11.4 Å². The van der Waals surface area contributed by atoms with Crippen LogP contribution >= 0.6 is 0 Å². The third kappa shape index (κ3) is 4.97. The zero-order valence-corrected chi connectivity index (χ0v) is 15.0. The van der Waals surface area contributed by atoms with Gasteiger partial charge in [-0.05, 0) is 53.7 Å². The molecule has 2 aromatic carbocycles. The Balaban J connectivity index is 1.46. The van der Waals surface area contributed by atoms with Crippen LogP contribution in [0.1, 0.15) is 16.8 Å². The van der Waals surface area contributed by atoms with Gasteiger partial charge >= 0.3 is 5.97 Å². The molecule has 0 atom stereocenters. The maximum absolute atomic E-state index is 12.9. The molecule has 0 N–H and O–H groups in total. The molecule has 3 aromatic rings. The number of aromatic nitrogens is 4. The van der Waals surface area contributed by atoms with E-state index in [0.717, 1.165) is 0 Å². The number of carbonyl (C=O) groups is 2. The highest BCUT2D eigenvalue weighted by atomic mass is 19.1. The second-order valence-electron chi connectivity index (χ2n) is 5.78. The fourth-order valence-electron chi connectivity index (χ4n) is 2.32. The number of halogens is 1. The van der Waals surface area contributed by atoms with Crippen molar-refractivity contribution >= 4 is 11.8 Å². The summed E-state index contributed by atoms with van der Waals surface area (Å²) < 4.78 is 23.0. The van der Waals surface area contributed by atoms with Gasteiger partial charge in [0, 0.05) is 11.1 Å². The first kappa shape index (κ1) is 19.2. The Morgan fingerprint density at radius 2 is 1.79 bits per heavy atom. The maximum Gasteiger partial charge on any atom is 0.308 e. The topological polar surface area (TPSA) is 96.2 Å². The minimum absolute atomic E-state index is 0.0187. The molecular formula is C19H17FN4O4. The summed E-state index contributed by atoms with van der Waals surface area (Å²) in [5.74, 6) is -0.268. The molecule has 3 rings (SSSR count). The van der Waals surface area contributed by atoms with Crippen molar-refractivity contribution in [3.63, 3.8) is 0 Å². The molecule has 144 valence electrons. The van der Waals surface area contributed by atoms with Gasteiger partial charge in [-0.15, -0.1) is 10.2 Å². The number of tetrazole rings is 1. The molecule has 0 saturated heterocycles. The zero-order valence-electron chi connectivity index (χ0n) is 15.0. The van der Waals surface area contributed by atoms with Crippen molar-refractivity contribution in [1.29, 1.82) is 0 Å². The van der Waals surface area contributed by atoms with Crippen LogP contribution < -0.4 is 4.74 Å². The monoisotopic (exact) mass is 384 g/mol. The summed E-state index contributed by atoms with van der Waals surface area (Å²) in [6.45, 7) is -0.208. The highest BCUT2D eigenvalue weighted by Gasteiger charge is 2.12. The predicted molar refractivity (Wildman–Crippen MR) is 96.1 cm³/mol. The Labute approximate surface area is 159 Å². The average molecular weight is 384 g/mol. The maximum atomic E-state index is 12.9. The standard InChI is InChI=1S/C19H17FN4O4/c1-27-16-8-4-13(5-9-16)17(25)12-28-18(26)10-11-24-22-19(21-23-24)14-2-6-15(20)7-3-14/h2-9H,10-12H2,1H3. The van der Waals surface area contributed by atoms with Gasteiger partial charge in [0.2, 0.25) is 5.82 Å². The molecule has 0 aliphatic heterocycles. The van der Waals surface area contributed by atoms with Crippen LogP contribution in [0, 0.1) is 5.82 Å². The Kier molecular flexibility index (Phi) is 6.05. The SMILES string of the molecule is COc1ccc(C(=O)COC(=O)CCn2nnc(-c3ccc(F)cc3)n2)cc1. The largest absolute Gasteiger partial charge is 0.497 e. The highest BCUT2D eigenvalue weighted by Crippen LogP contribution is 2.14. The Morgan fingerprint density at radius 1 is 1.07 bits per heavy atom. The quantitative estimate of drug-likeness (QED) is 0.434. The normalized spacial score (nSPS) is 10.5. The molecule has 0 radical (unpaired) electrons. The van der Waals surface area contributed by atoms with E-state index in [9.17, 15) is 14.0 Å². The molecule has 9 heteroatoms. The van der Waals surface area contributed by atoms with E-state index in [0.29, 0.717) is 22.7 Å². The first-order chi connectivity index (χ1) is 13.5. The molecule has 0 amide bonds. The van der Waals surface area contributed by atoms with Crippen molar-refractivity contribution in [2.75, 3.05) is 13.7 Å². The number of esters is 1. The Hall–Kier alpha value is -3.62. The van der Waals surface area contributed by atoms with Crippen molar-refractivity contribution in [2.45, 2.75) is 13.0 Å². The van der Waals surface area contributed by atoms with E-state index in [1.807, 2.05) is 0 Å². The molecule has 1 heterocycles. The van der Waals surface area contributed by atoms with Crippen molar-refractivity contribution in [3.05, 3.63) is 59.9 Å². The van der Waals surface area contributed by atoms with E-state index in [4.69, 9.17) is 9.47 Å². The Bertz CT molecular complexity index is 955. The summed E-state index contributed by atoms with van der Waals surface area (Å²) >= 11 is 0. The van der Waals surface area contributed by atoms with Crippen LogP contribution in [0.3, 0.4) is 0 Å². The molecule has 0 spiro atoms. The van der Waals surface area contributed by atoms with Crippen LogP contribution in [0.4, 0.5) is 4.39 Å². The van der Waals surface area contributed by atoms with Gasteiger partial charge in [-0.3, -0.25) is 9.59 Å². The van der Waals surface area contributed by atoms with Gasteiger partial charge in [0.15, 0.2) is 12.4 Å². The summed E-state index contributed by atoms with van der Waals surface area (Å²) in [5.41, 5.74) is 1.04. The number of carbonyl (C=O) groups excluding carboxylic acids is 2. The number of ketones is 1. The lowest BCUT2D eigenvalue weighted by molar-refractivity contribution is -0.142. The number of Topliss-reactive ketones (excluding diaryl/α,β-unsaturated/α-hetero) is 1. The fourth-order valence-corrected chi connectivity index (χ4v) is 2.32. The zero-order chi connectivity index (χ0) is 19.9. The molecule has 1 aromatic heterocycles. The first-order valence-corrected chi connectivity index (χ1v) is 8.42. The van der Waals surface area contributed by atoms with Gasteiger partial charge in [-0.2, -0.15) is 4.80 Å². The van der Waals surface area contributed by atoms with Crippen LogP contribution in [0.2, 0.25) is 0 Å². The van der Waals surface area contributed by atoms with E-state index in [2.05, 4.69) is 15.4 Å². The first-order valence-electron chi connectivity index (χ1n) is 8.42. The van der Waals surface area contributed by atoms with Gasteiger partial charge in [0.1, 0.15) is 11.6 Å². The summed E-state index contributed by atoms with van der Waals surface area (Å²) in [6, 6.07) is 12.2. The lowest BCUT2D eigenvalue weighted by Crippen LogP contribution is -2.16. The summed E-state index contributed by atoms with van der Waals surface area (Å²) in [6.07, 6.45) is -0.0187. The number of benzene rings is 2. The van der Waals surface area contributed by atoms with Crippen molar-refractivity contribution < 1.29 is 23.5 Å². The lowest BCUT2D eigenvalue weighted by Gasteiger charge is -2.05. The van der Waals surface area contributed by atoms with Crippen molar-refractivity contribution in [2.24, 2.45) is 0 Å². The van der Waals surface area contributed by atoms with Gasteiger partial charge in [-0.25, -0.2) is 4.39 Å². The third-order valence-corrected chi connectivity index (χ3v) is 3.85. The van der Waals surface area contributed by atoms with Gasteiger partial charge < -0.3 is 9.47 Å². The smallest absolute Gasteiger partial charge is 0.308 e. The molecule has 0 unspecified atom stereocenters. The van der Waals surface area contributed by atoms with Crippen LogP contribution in [-0.2, 0) is 16.1 Å². The van der Waals surface area contributed by atoms with Gasteiger partial charge in [0.25, 0.3) is 0 Å². The number of hydrogen-bond donors (Lipinski definition) is 0. The number of rotatable bonds is 8. The lowest BCUT2D eigenvalue weighted by atomic mass is 10.1. The second-order valence-corrected chi connectivity index (χ2v) is 5.78. The predicted octanol–water partition coefficient (Wildman–Crippen LogP) is 2.30. The van der Waals surface area contributed by atoms with E-state index in [1.165, 1.54) is 36.2 Å². The van der Waals surface area contributed by atoms with E-state index >= 15 is 0 Å². The Morgan fingerprint density at radius 3 is 2.46 bits per heavy atom. The van der Waals surface area contributed by atoms with Crippen LogP contribution in [-0.4, -0.2) is 45.7 Å². The molecule has 0 aliphatic rings. The van der Waals surface area contributed by atoms with Crippen LogP contribution in [0.15, 0.2) is 48.5 Å². The fraction of sp³-hybridized carbons (Fsp3) is 0.211. The molecule has 0 saturated carbocycles. The van der Waals surface area contributed by atoms with Crippen molar-refractivity contribution in [3.8, 4) is 17.1 Å². The highest BCUT2D eigenvalue weighted by molar-refractivity contribution is 5.98. The summed E-state index contributed by atoms with van der Waals surface area (Å²) in [5, 5.41) is 11.8. The van der Waals surface area contributed by atoms with E-state index in [1.54, 1.807) is 24.3 Å². The molecular weight excluding hydrogens is 367 g/mol. The minimum atomic E-state index is -0.553. The number of aryl methyl sites for hydroxylation is 1. The average Bonchev–Trinajstić information content (AvgIpc) is 3.20. The third-order valence-electron chi connectivity index (χ3n) is 3.85. The van der Waals surface area contributed by atoms with E-state index < -0.39 is 5.97 Å². The van der Waals surface area contributed by atoms with Crippen molar-refractivity contribution in [1.82, 2.24) is 20.2 Å². The summed E-state index contributed by atoms with van der Waals surface area (Å²) in [7, 11) is 1.53. The number of ether oxygens (including phenoxy) is 2. The number of nitrogens with zero attached hydrogens (tertiary/aromatic N) is 4. The second kappa shape index (κ2) is 8.85. The molecule has 28 heavy (non-hydrogen) atoms. The number of methoxy groups -OCH3 is 1. The van der Waals surface area contributed by atoms with Gasteiger partial charge in [0.05, 0.1) is 20.1 Å².